The molecule has 0 aliphatic heterocycles. The van der Waals surface area contributed by atoms with E-state index in [1.54, 1.807) is 24.9 Å². The van der Waals surface area contributed by atoms with E-state index in [0.29, 0.717) is 5.82 Å². The van der Waals surface area contributed by atoms with Gasteiger partial charge in [-0.05, 0) is 24.3 Å². The highest BCUT2D eigenvalue weighted by Gasteiger charge is 2.03. The number of anilines is 1. The number of nitrogens with zero attached hydrogens (tertiary/aromatic N) is 2. The predicted molar refractivity (Wildman–Crippen MR) is 72.9 cm³/mol. The Bertz CT molecular complexity index is 528. The van der Waals surface area contributed by atoms with Gasteiger partial charge in [-0.3, -0.25) is 0 Å². The highest BCUT2D eigenvalue weighted by Crippen LogP contribution is 2.28. The van der Waals surface area contributed by atoms with E-state index < -0.39 is 0 Å². The highest BCUT2D eigenvalue weighted by atomic mass is 32.2. The third-order valence-electron chi connectivity index (χ3n) is 2.37. The van der Waals surface area contributed by atoms with Crippen molar-refractivity contribution in [3.63, 3.8) is 0 Å². The van der Waals surface area contributed by atoms with Crippen LogP contribution in [0.4, 0.5) is 5.82 Å². The number of ether oxygens (including phenoxy) is 1. The van der Waals surface area contributed by atoms with Gasteiger partial charge in [0, 0.05) is 17.4 Å². The molecule has 2 rings (SSSR count). The van der Waals surface area contributed by atoms with Crippen LogP contribution in [-0.4, -0.2) is 17.1 Å². The van der Waals surface area contributed by atoms with Crippen LogP contribution < -0.4 is 10.5 Å². The summed E-state index contributed by atoms with van der Waals surface area (Å²) in [7, 11) is 1.65. The Labute approximate surface area is 111 Å². The molecule has 0 bridgehead atoms. The van der Waals surface area contributed by atoms with Crippen LogP contribution in [-0.2, 0) is 6.42 Å². The zero-order chi connectivity index (χ0) is 13.0. The fraction of sp³-hybridized carbons (Fsp3) is 0.231. The lowest BCUT2D eigenvalue weighted by Crippen LogP contribution is -1.99. The molecule has 1 aromatic carbocycles. The molecule has 5 heteroatoms. The summed E-state index contributed by atoms with van der Waals surface area (Å²) in [6.45, 7) is 2.01. The van der Waals surface area contributed by atoms with Gasteiger partial charge in [0.2, 0.25) is 0 Å². The number of nitrogens with two attached hydrogens (primary N) is 1. The van der Waals surface area contributed by atoms with Crippen LogP contribution in [0.25, 0.3) is 0 Å². The van der Waals surface area contributed by atoms with Crippen molar-refractivity contribution < 1.29 is 4.74 Å². The maximum atomic E-state index is 5.75. The SMILES string of the molecule is CCc1nc(N)cc(Sc2ccc(OC)cc2)n1. The number of benzene rings is 1. The first kappa shape index (κ1) is 12.7. The molecule has 0 saturated heterocycles. The molecule has 0 aliphatic carbocycles. The van der Waals surface area contributed by atoms with Crippen LogP contribution in [0.15, 0.2) is 40.3 Å². The van der Waals surface area contributed by atoms with E-state index in [1.807, 2.05) is 31.2 Å². The van der Waals surface area contributed by atoms with Gasteiger partial charge in [-0.15, -0.1) is 0 Å². The van der Waals surface area contributed by atoms with Crippen molar-refractivity contribution in [1.82, 2.24) is 9.97 Å². The van der Waals surface area contributed by atoms with Crippen LogP contribution in [0.5, 0.6) is 5.75 Å². The lowest BCUT2D eigenvalue weighted by atomic mass is 10.3. The number of hydrogen-bond donors (Lipinski definition) is 1. The maximum Gasteiger partial charge on any atom is 0.131 e. The van der Waals surface area contributed by atoms with E-state index in [9.17, 15) is 0 Å². The van der Waals surface area contributed by atoms with Crippen molar-refractivity contribution in [2.45, 2.75) is 23.3 Å². The average Bonchev–Trinajstić information content (AvgIpc) is 2.39. The quantitative estimate of drug-likeness (QED) is 0.857. The van der Waals surface area contributed by atoms with Gasteiger partial charge in [0.25, 0.3) is 0 Å². The average molecular weight is 261 g/mol. The van der Waals surface area contributed by atoms with Gasteiger partial charge < -0.3 is 10.5 Å². The van der Waals surface area contributed by atoms with Crippen molar-refractivity contribution in [2.75, 3.05) is 12.8 Å². The van der Waals surface area contributed by atoms with Gasteiger partial charge in [-0.25, -0.2) is 9.97 Å². The molecule has 0 atom stereocenters. The van der Waals surface area contributed by atoms with Gasteiger partial charge in [-0.2, -0.15) is 0 Å². The van der Waals surface area contributed by atoms with Crippen molar-refractivity contribution in [2.24, 2.45) is 0 Å². The summed E-state index contributed by atoms with van der Waals surface area (Å²) in [5.74, 6) is 2.12. The normalized spacial score (nSPS) is 10.3. The first-order valence-corrected chi connectivity index (χ1v) is 6.48. The molecule has 0 aliphatic rings. The number of rotatable bonds is 4. The second kappa shape index (κ2) is 5.73. The second-order valence-corrected chi connectivity index (χ2v) is 4.77. The van der Waals surface area contributed by atoms with E-state index in [-0.39, 0.29) is 0 Å². The third-order valence-corrected chi connectivity index (χ3v) is 3.29. The van der Waals surface area contributed by atoms with Crippen molar-refractivity contribution in [3.05, 3.63) is 36.2 Å². The van der Waals surface area contributed by atoms with Crippen molar-refractivity contribution in [3.8, 4) is 5.75 Å². The standard InChI is InChI=1S/C13H15N3OS/c1-3-12-15-11(14)8-13(16-12)18-10-6-4-9(17-2)5-7-10/h4-8H,3H2,1-2H3,(H2,14,15,16). The fourth-order valence-electron chi connectivity index (χ4n) is 1.47. The Morgan fingerprint density at radius 1 is 1.22 bits per heavy atom. The summed E-state index contributed by atoms with van der Waals surface area (Å²) in [5, 5.41) is 0.865. The van der Waals surface area contributed by atoms with E-state index in [4.69, 9.17) is 10.5 Å². The Morgan fingerprint density at radius 3 is 2.56 bits per heavy atom. The topological polar surface area (TPSA) is 61.0 Å². The Hall–Kier alpha value is -1.75. The molecule has 2 N–H and O–H groups in total. The second-order valence-electron chi connectivity index (χ2n) is 3.68. The van der Waals surface area contributed by atoms with Crippen molar-refractivity contribution in [1.29, 1.82) is 0 Å². The van der Waals surface area contributed by atoms with Crippen molar-refractivity contribution >= 4 is 17.6 Å². The number of methoxy groups -OCH3 is 1. The summed E-state index contributed by atoms with van der Waals surface area (Å²) in [5.41, 5.74) is 5.75. The molecule has 18 heavy (non-hydrogen) atoms. The molecule has 2 aromatic rings. The largest absolute Gasteiger partial charge is 0.497 e. The van der Waals surface area contributed by atoms with Crippen LogP contribution in [0.3, 0.4) is 0 Å². The molecule has 0 amide bonds. The first-order chi connectivity index (χ1) is 8.71. The summed E-state index contributed by atoms with van der Waals surface area (Å²) in [6.07, 6.45) is 0.779. The smallest absolute Gasteiger partial charge is 0.131 e. The molecule has 1 aromatic heterocycles. The lowest BCUT2D eigenvalue weighted by molar-refractivity contribution is 0.414. The van der Waals surface area contributed by atoms with E-state index in [1.165, 1.54) is 0 Å². The summed E-state index contributed by atoms with van der Waals surface area (Å²) >= 11 is 1.56. The van der Waals surface area contributed by atoms with E-state index in [0.717, 1.165) is 27.9 Å². The molecule has 0 saturated carbocycles. The lowest BCUT2D eigenvalue weighted by Gasteiger charge is -2.05. The maximum absolute atomic E-state index is 5.75. The summed E-state index contributed by atoms with van der Waals surface area (Å²) < 4.78 is 5.12. The zero-order valence-corrected chi connectivity index (χ0v) is 11.2. The van der Waals surface area contributed by atoms with Gasteiger partial charge in [0.1, 0.15) is 22.4 Å². The van der Waals surface area contributed by atoms with Gasteiger partial charge >= 0.3 is 0 Å². The monoisotopic (exact) mass is 261 g/mol. The molecule has 0 spiro atoms. The summed E-state index contributed by atoms with van der Waals surface area (Å²) in [6, 6.07) is 9.62. The number of nitrogen functional groups attached to an aromatic ring is 1. The molecule has 0 radical (unpaired) electrons. The molecule has 0 fully saturated rings. The molecule has 94 valence electrons. The molecule has 4 nitrogen and oxygen atoms in total. The minimum Gasteiger partial charge on any atom is -0.497 e. The molecular weight excluding hydrogens is 246 g/mol. The Kier molecular flexibility index (Phi) is 4.04. The Morgan fingerprint density at radius 2 is 1.94 bits per heavy atom. The number of aromatic nitrogens is 2. The highest BCUT2D eigenvalue weighted by molar-refractivity contribution is 7.99. The molecule has 0 unspecified atom stereocenters. The Balaban J connectivity index is 2.19. The van der Waals surface area contributed by atoms with Gasteiger partial charge in [-0.1, -0.05) is 18.7 Å². The van der Waals surface area contributed by atoms with Gasteiger partial charge in [0.05, 0.1) is 7.11 Å². The third kappa shape index (κ3) is 3.13. The van der Waals surface area contributed by atoms with Crippen LogP contribution in [0, 0.1) is 0 Å². The minimum atomic E-state index is 0.512. The van der Waals surface area contributed by atoms with Crippen LogP contribution in [0.2, 0.25) is 0 Å². The number of aryl methyl sites for hydroxylation is 1. The van der Waals surface area contributed by atoms with Crippen LogP contribution in [0.1, 0.15) is 12.7 Å². The zero-order valence-electron chi connectivity index (χ0n) is 10.4. The summed E-state index contributed by atoms with van der Waals surface area (Å²) in [4.78, 5) is 9.68. The molecule has 1 heterocycles. The fourth-order valence-corrected chi connectivity index (χ4v) is 2.31. The van der Waals surface area contributed by atoms with E-state index >= 15 is 0 Å². The predicted octanol–water partition coefficient (Wildman–Crippen LogP) is 2.78. The number of hydrogen-bond acceptors (Lipinski definition) is 5. The minimum absolute atomic E-state index is 0.512. The van der Waals surface area contributed by atoms with Crippen LogP contribution >= 0.6 is 11.8 Å². The van der Waals surface area contributed by atoms with E-state index in [2.05, 4.69) is 9.97 Å². The molecular formula is C13H15N3OS. The van der Waals surface area contributed by atoms with Gasteiger partial charge in [0.15, 0.2) is 0 Å². The first-order valence-electron chi connectivity index (χ1n) is 5.66.